The lowest BCUT2D eigenvalue weighted by Gasteiger charge is -2.27. The molecule has 7 nitrogen and oxygen atoms in total. The quantitative estimate of drug-likeness (QED) is 0.762. The molecular formula is C11H17N5O2. The van der Waals surface area contributed by atoms with Gasteiger partial charge in [0.25, 0.3) is 0 Å². The Morgan fingerprint density at radius 2 is 2.28 bits per heavy atom. The predicted molar refractivity (Wildman–Crippen MR) is 64.7 cm³/mol. The first-order chi connectivity index (χ1) is 8.69. The second kappa shape index (κ2) is 5.63. The number of amides is 3. The number of hydrogen-bond acceptors (Lipinski definition) is 4. The largest absolute Gasteiger partial charge is 0.341 e. The van der Waals surface area contributed by atoms with Crippen molar-refractivity contribution in [2.24, 2.45) is 0 Å². The van der Waals surface area contributed by atoms with Gasteiger partial charge in [-0.25, -0.2) is 9.78 Å². The number of nitrogens with zero attached hydrogens (tertiary/aromatic N) is 3. The normalized spacial score (nSPS) is 14.9. The van der Waals surface area contributed by atoms with Crippen LogP contribution < -0.4 is 10.6 Å². The van der Waals surface area contributed by atoms with Crippen molar-refractivity contribution in [3.8, 4) is 0 Å². The minimum atomic E-state index is -0.464. The maximum absolute atomic E-state index is 11.4. The third kappa shape index (κ3) is 3.07. The van der Waals surface area contributed by atoms with E-state index < -0.39 is 6.03 Å². The van der Waals surface area contributed by atoms with E-state index >= 15 is 0 Å². The monoisotopic (exact) mass is 251 g/mol. The summed E-state index contributed by atoms with van der Waals surface area (Å²) in [5, 5.41) is 4.59. The maximum atomic E-state index is 11.4. The highest BCUT2D eigenvalue weighted by Gasteiger charge is 2.17. The molecule has 18 heavy (non-hydrogen) atoms. The molecule has 7 heteroatoms. The molecule has 0 saturated heterocycles. The summed E-state index contributed by atoms with van der Waals surface area (Å²) in [6.07, 6.45) is 4.07. The van der Waals surface area contributed by atoms with Crippen molar-refractivity contribution < 1.29 is 9.59 Å². The molecule has 0 radical (unpaired) electrons. The Hall–Kier alpha value is -1.89. The van der Waals surface area contributed by atoms with E-state index in [4.69, 9.17) is 0 Å². The molecule has 0 aromatic carbocycles. The topological polar surface area (TPSA) is 79.3 Å². The molecule has 1 aliphatic heterocycles. The molecular weight excluding hydrogens is 234 g/mol. The summed E-state index contributed by atoms with van der Waals surface area (Å²) in [4.78, 5) is 28.8. The average molecular weight is 251 g/mol. The highest BCUT2D eigenvalue weighted by Crippen LogP contribution is 2.09. The van der Waals surface area contributed by atoms with E-state index in [1.165, 1.54) is 7.05 Å². The summed E-state index contributed by atoms with van der Waals surface area (Å²) < 4.78 is 2.11. The zero-order chi connectivity index (χ0) is 13.0. The molecule has 2 N–H and O–H groups in total. The van der Waals surface area contributed by atoms with Gasteiger partial charge in [0.2, 0.25) is 5.91 Å². The molecule has 0 aliphatic carbocycles. The van der Waals surface area contributed by atoms with E-state index in [1.807, 2.05) is 6.20 Å². The summed E-state index contributed by atoms with van der Waals surface area (Å²) in [6.45, 7) is 3.18. The van der Waals surface area contributed by atoms with Crippen LogP contribution in [-0.4, -0.2) is 46.5 Å². The highest BCUT2D eigenvalue weighted by atomic mass is 16.2. The third-order valence-electron chi connectivity index (χ3n) is 2.96. The van der Waals surface area contributed by atoms with Crippen molar-refractivity contribution in [1.29, 1.82) is 0 Å². The van der Waals surface area contributed by atoms with E-state index in [-0.39, 0.29) is 5.91 Å². The Morgan fingerprint density at radius 1 is 1.44 bits per heavy atom. The number of carbonyl (C=O) groups excluding carboxylic acids is 2. The lowest BCUT2D eigenvalue weighted by Crippen LogP contribution is -2.40. The number of aromatic nitrogens is 2. The van der Waals surface area contributed by atoms with Crippen LogP contribution in [0.25, 0.3) is 0 Å². The van der Waals surface area contributed by atoms with Crippen LogP contribution in [0.3, 0.4) is 0 Å². The zero-order valence-corrected chi connectivity index (χ0v) is 10.3. The van der Waals surface area contributed by atoms with Gasteiger partial charge in [-0.15, -0.1) is 0 Å². The van der Waals surface area contributed by atoms with Gasteiger partial charge < -0.3 is 9.88 Å². The SMILES string of the molecule is CNC(=O)NC(=O)CCN1CCn2ccnc2C1. The summed E-state index contributed by atoms with van der Waals surface area (Å²) in [5.74, 6) is 0.760. The lowest BCUT2D eigenvalue weighted by molar-refractivity contribution is -0.120. The van der Waals surface area contributed by atoms with Crippen LogP contribution in [0.2, 0.25) is 0 Å². The van der Waals surface area contributed by atoms with Crippen LogP contribution in [0.1, 0.15) is 12.2 Å². The molecule has 0 fully saturated rings. The average Bonchev–Trinajstić information content (AvgIpc) is 2.83. The van der Waals surface area contributed by atoms with Gasteiger partial charge in [-0.3, -0.25) is 15.0 Å². The summed E-state index contributed by atoms with van der Waals surface area (Å²) >= 11 is 0. The molecule has 0 bridgehead atoms. The fraction of sp³-hybridized carbons (Fsp3) is 0.545. The van der Waals surface area contributed by atoms with Gasteiger partial charge in [0.1, 0.15) is 5.82 Å². The fourth-order valence-corrected chi connectivity index (χ4v) is 1.93. The second-order valence-corrected chi connectivity index (χ2v) is 4.19. The van der Waals surface area contributed by atoms with Crippen molar-refractivity contribution in [3.63, 3.8) is 0 Å². The van der Waals surface area contributed by atoms with Crippen molar-refractivity contribution >= 4 is 11.9 Å². The third-order valence-corrected chi connectivity index (χ3v) is 2.96. The lowest BCUT2D eigenvalue weighted by atomic mass is 10.3. The van der Waals surface area contributed by atoms with E-state index in [2.05, 4.69) is 25.1 Å². The number of imidazole rings is 1. The van der Waals surface area contributed by atoms with Crippen LogP contribution in [0.4, 0.5) is 4.79 Å². The molecule has 0 saturated carbocycles. The van der Waals surface area contributed by atoms with E-state index in [0.29, 0.717) is 13.0 Å². The molecule has 0 unspecified atom stereocenters. The van der Waals surface area contributed by atoms with Crippen molar-refractivity contribution in [1.82, 2.24) is 25.1 Å². The maximum Gasteiger partial charge on any atom is 0.321 e. The molecule has 1 aromatic rings. The Bertz CT molecular complexity index is 442. The standard InChI is InChI=1S/C11H17N5O2/c1-12-11(18)14-10(17)2-4-15-6-7-16-5-3-13-9(16)8-15/h3,5H,2,4,6-8H2,1H3,(H2,12,14,17,18). The zero-order valence-electron chi connectivity index (χ0n) is 10.3. The van der Waals surface area contributed by atoms with Gasteiger partial charge in [-0.2, -0.15) is 0 Å². The number of hydrogen-bond donors (Lipinski definition) is 2. The summed E-state index contributed by atoms with van der Waals surface area (Å²) in [7, 11) is 1.48. The highest BCUT2D eigenvalue weighted by molar-refractivity contribution is 5.94. The number of urea groups is 1. The minimum absolute atomic E-state index is 0.261. The Labute approximate surface area is 105 Å². The first-order valence-electron chi connectivity index (χ1n) is 5.93. The Kier molecular flexibility index (Phi) is 3.93. The van der Waals surface area contributed by atoms with E-state index in [9.17, 15) is 9.59 Å². The van der Waals surface area contributed by atoms with Gasteiger partial charge >= 0.3 is 6.03 Å². The Balaban J connectivity index is 1.75. The molecule has 2 rings (SSSR count). The van der Waals surface area contributed by atoms with Gasteiger partial charge in [-0.1, -0.05) is 0 Å². The predicted octanol–water partition coefficient (Wildman–Crippen LogP) is -0.456. The van der Waals surface area contributed by atoms with Crippen molar-refractivity contribution in [2.45, 2.75) is 19.5 Å². The van der Waals surface area contributed by atoms with Crippen LogP contribution >= 0.6 is 0 Å². The van der Waals surface area contributed by atoms with Gasteiger partial charge in [-0.05, 0) is 0 Å². The van der Waals surface area contributed by atoms with Crippen LogP contribution in [0.5, 0.6) is 0 Å². The number of imide groups is 1. The summed E-state index contributed by atoms with van der Waals surface area (Å²) in [6, 6.07) is -0.464. The van der Waals surface area contributed by atoms with Crippen molar-refractivity contribution in [3.05, 3.63) is 18.2 Å². The van der Waals surface area contributed by atoms with E-state index in [0.717, 1.165) is 25.5 Å². The van der Waals surface area contributed by atoms with Crippen LogP contribution in [0, 0.1) is 0 Å². The first kappa shape index (κ1) is 12.6. The molecule has 1 aliphatic rings. The van der Waals surface area contributed by atoms with E-state index in [1.54, 1.807) is 6.20 Å². The molecule has 0 spiro atoms. The number of fused-ring (bicyclic) bond motifs is 1. The molecule has 1 aromatic heterocycles. The first-order valence-corrected chi connectivity index (χ1v) is 5.93. The number of rotatable bonds is 3. The van der Waals surface area contributed by atoms with Crippen molar-refractivity contribution in [2.75, 3.05) is 20.1 Å². The van der Waals surface area contributed by atoms with Gasteiger partial charge in [0.15, 0.2) is 0 Å². The second-order valence-electron chi connectivity index (χ2n) is 4.19. The molecule has 98 valence electrons. The number of nitrogens with one attached hydrogen (secondary N) is 2. The number of carbonyl (C=O) groups is 2. The van der Waals surface area contributed by atoms with Gasteiger partial charge in [0.05, 0.1) is 6.54 Å². The molecule has 3 amide bonds. The fourth-order valence-electron chi connectivity index (χ4n) is 1.93. The van der Waals surface area contributed by atoms with Gasteiger partial charge in [0, 0.05) is 45.5 Å². The van der Waals surface area contributed by atoms with Crippen LogP contribution in [-0.2, 0) is 17.9 Å². The molecule has 2 heterocycles. The summed E-state index contributed by atoms with van der Waals surface area (Å²) in [5.41, 5.74) is 0. The smallest absolute Gasteiger partial charge is 0.321 e. The van der Waals surface area contributed by atoms with Crippen LogP contribution in [0.15, 0.2) is 12.4 Å². The minimum Gasteiger partial charge on any atom is -0.341 e. The Morgan fingerprint density at radius 3 is 3.06 bits per heavy atom. The molecule has 0 atom stereocenters.